The fourth-order valence-corrected chi connectivity index (χ4v) is 2.01. The van der Waals surface area contributed by atoms with Crippen LogP contribution in [0.25, 0.3) is 0 Å². The average molecular weight is 253 g/mol. The molecule has 18 heavy (non-hydrogen) atoms. The fraction of sp³-hybridized carbons (Fsp3) is 0.500. The van der Waals surface area contributed by atoms with Crippen LogP contribution in [0.3, 0.4) is 0 Å². The number of ether oxygens (including phenoxy) is 1. The Balaban J connectivity index is 2.88. The number of carbonyl (C=O) groups is 1. The van der Waals surface area contributed by atoms with E-state index in [1.54, 1.807) is 18.2 Å². The molecule has 1 aromatic carbocycles. The van der Waals surface area contributed by atoms with E-state index >= 15 is 0 Å². The summed E-state index contributed by atoms with van der Waals surface area (Å²) in [5.41, 5.74) is 6.45. The van der Waals surface area contributed by atoms with Gasteiger partial charge in [0.2, 0.25) is 0 Å². The molecule has 0 amide bonds. The topological polar surface area (TPSA) is 52.3 Å². The second-order valence-corrected chi connectivity index (χ2v) is 4.75. The monoisotopic (exact) mass is 253 g/mol. The third kappa shape index (κ3) is 3.53. The molecule has 2 unspecified atom stereocenters. The number of rotatable bonds is 5. The number of carbonyl (C=O) groups excluding carboxylic acids is 1. The summed E-state index contributed by atoms with van der Waals surface area (Å²) in [6.07, 6.45) is 0.431. The van der Waals surface area contributed by atoms with Crippen LogP contribution in [0.1, 0.15) is 19.4 Å². The summed E-state index contributed by atoms with van der Waals surface area (Å²) in [5.74, 6) is -0.696. The highest BCUT2D eigenvalue weighted by molar-refractivity contribution is 5.75. The summed E-state index contributed by atoms with van der Waals surface area (Å²) in [6, 6.07) is 5.82. The second kappa shape index (κ2) is 6.50. The second-order valence-electron chi connectivity index (χ2n) is 4.75. The third-order valence-corrected chi connectivity index (χ3v) is 3.20. The van der Waals surface area contributed by atoms with E-state index < -0.39 is 12.0 Å². The zero-order chi connectivity index (χ0) is 13.7. The predicted molar refractivity (Wildman–Crippen MR) is 68.4 cm³/mol. The maximum Gasteiger partial charge on any atom is 0.322 e. The lowest BCUT2D eigenvalue weighted by molar-refractivity contribution is -0.144. The van der Waals surface area contributed by atoms with E-state index in [4.69, 9.17) is 5.73 Å². The van der Waals surface area contributed by atoms with Crippen molar-refractivity contribution in [1.29, 1.82) is 0 Å². The largest absolute Gasteiger partial charge is 0.468 e. The molecular formula is C14H20FNO2. The molecule has 0 saturated heterocycles. The van der Waals surface area contributed by atoms with Crippen LogP contribution in [0.5, 0.6) is 0 Å². The van der Waals surface area contributed by atoms with Gasteiger partial charge in [0.05, 0.1) is 7.11 Å². The van der Waals surface area contributed by atoms with Crippen LogP contribution < -0.4 is 5.73 Å². The lowest BCUT2D eigenvalue weighted by atomic mass is 9.83. The minimum atomic E-state index is -0.727. The number of hydrogen-bond acceptors (Lipinski definition) is 3. The molecule has 2 N–H and O–H groups in total. The van der Waals surface area contributed by atoms with Gasteiger partial charge in [0.15, 0.2) is 0 Å². The Hall–Kier alpha value is -1.42. The molecule has 0 fully saturated rings. The predicted octanol–water partition coefficient (Wildman–Crippen LogP) is 2.14. The van der Waals surface area contributed by atoms with Crippen molar-refractivity contribution in [2.45, 2.75) is 26.3 Å². The van der Waals surface area contributed by atoms with Crippen molar-refractivity contribution in [3.63, 3.8) is 0 Å². The molecule has 4 heteroatoms. The molecule has 0 aliphatic carbocycles. The Bertz CT molecular complexity index is 407. The first-order valence-corrected chi connectivity index (χ1v) is 6.04. The van der Waals surface area contributed by atoms with E-state index in [2.05, 4.69) is 4.74 Å². The van der Waals surface area contributed by atoms with Crippen molar-refractivity contribution in [2.24, 2.45) is 17.6 Å². The van der Waals surface area contributed by atoms with Gasteiger partial charge in [-0.3, -0.25) is 4.79 Å². The van der Waals surface area contributed by atoms with Gasteiger partial charge in [-0.2, -0.15) is 0 Å². The molecule has 0 heterocycles. The van der Waals surface area contributed by atoms with Crippen LogP contribution in [-0.4, -0.2) is 19.1 Å². The molecule has 0 saturated carbocycles. The number of benzene rings is 1. The van der Waals surface area contributed by atoms with Gasteiger partial charge >= 0.3 is 5.97 Å². The maximum atomic E-state index is 13.6. The summed E-state index contributed by atoms with van der Waals surface area (Å²) in [5, 5.41) is 0. The molecule has 0 aromatic heterocycles. The van der Waals surface area contributed by atoms with Crippen molar-refractivity contribution in [1.82, 2.24) is 0 Å². The molecule has 3 nitrogen and oxygen atoms in total. The molecule has 0 bridgehead atoms. The molecule has 100 valence electrons. The molecule has 0 radical (unpaired) electrons. The zero-order valence-electron chi connectivity index (χ0n) is 11.0. The van der Waals surface area contributed by atoms with Crippen molar-refractivity contribution in [3.05, 3.63) is 35.6 Å². The van der Waals surface area contributed by atoms with Crippen LogP contribution in [0.4, 0.5) is 4.39 Å². The summed E-state index contributed by atoms with van der Waals surface area (Å²) in [6.45, 7) is 3.93. The van der Waals surface area contributed by atoms with Crippen molar-refractivity contribution < 1.29 is 13.9 Å². The highest BCUT2D eigenvalue weighted by Gasteiger charge is 2.28. The van der Waals surface area contributed by atoms with Crippen molar-refractivity contribution in [2.75, 3.05) is 7.11 Å². The molecule has 0 spiro atoms. The van der Waals surface area contributed by atoms with Gasteiger partial charge in [-0.1, -0.05) is 32.0 Å². The fourth-order valence-electron chi connectivity index (χ4n) is 2.01. The van der Waals surface area contributed by atoms with Gasteiger partial charge in [-0.05, 0) is 29.9 Å². The van der Waals surface area contributed by atoms with E-state index in [1.165, 1.54) is 13.2 Å². The maximum absolute atomic E-state index is 13.6. The number of methoxy groups -OCH3 is 1. The summed E-state index contributed by atoms with van der Waals surface area (Å²) < 4.78 is 18.3. The van der Waals surface area contributed by atoms with Crippen LogP contribution in [0.2, 0.25) is 0 Å². The lowest BCUT2D eigenvalue weighted by Gasteiger charge is -2.25. The Morgan fingerprint density at radius 2 is 2.00 bits per heavy atom. The quantitative estimate of drug-likeness (QED) is 0.818. The van der Waals surface area contributed by atoms with Gasteiger partial charge in [0.25, 0.3) is 0 Å². The van der Waals surface area contributed by atoms with E-state index in [0.717, 1.165) is 0 Å². The minimum absolute atomic E-state index is 0.144. The van der Waals surface area contributed by atoms with Gasteiger partial charge in [0, 0.05) is 0 Å². The van der Waals surface area contributed by atoms with E-state index in [9.17, 15) is 9.18 Å². The normalized spacial score (nSPS) is 14.3. The number of nitrogens with two attached hydrogens (primary N) is 1. The Labute approximate surface area is 107 Å². The minimum Gasteiger partial charge on any atom is -0.468 e. The number of halogens is 1. The van der Waals surface area contributed by atoms with Crippen molar-refractivity contribution >= 4 is 5.97 Å². The van der Waals surface area contributed by atoms with Gasteiger partial charge < -0.3 is 10.5 Å². The van der Waals surface area contributed by atoms with E-state index in [-0.39, 0.29) is 17.7 Å². The molecule has 0 aliphatic heterocycles. The smallest absolute Gasteiger partial charge is 0.322 e. The summed E-state index contributed by atoms with van der Waals surface area (Å²) >= 11 is 0. The molecular weight excluding hydrogens is 233 g/mol. The van der Waals surface area contributed by atoms with Crippen molar-refractivity contribution in [3.8, 4) is 0 Å². The number of hydrogen-bond donors (Lipinski definition) is 1. The summed E-state index contributed by atoms with van der Waals surface area (Å²) in [4.78, 5) is 11.5. The Kier molecular flexibility index (Phi) is 5.28. The highest BCUT2D eigenvalue weighted by Crippen LogP contribution is 2.22. The molecule has 0 aliphatic rings. The third-order valence-electron chi connectivity index (χ3n) is 3.20. The first-order valence-electron chi connectivity index (χ1n) is 6.04. The Morgan fingerprint density at radius 1 is 1.39 bits per heavy atom. The molecule has 1 aromatic rings. The first-order chi connectivity index (χ1) is 8.47. The lowest BCUT2D eigenvalue weighted by Crippen LogP contribution is -2.42. The highest BCUT2D eigenvalue weighted by atomic mass is 19.1. The van der Waals surface area contributed by atoms with Crippen LogP contribution in [-0.2, 0) is 16.0 Å². The SMILES string of the molecule is COC(=O)C(N)C(Cc1ccccc1F)C(C)C. The molecule has 1 rings (SSSR count). The zero-order valence-corrected chi connectivity index (χ0v) is 11.0. The summed E-state index contributed by atoms with van der Waals surface area (Å²) in [7, 11) is 1.31. The standard InChI is InChI=1S/C14H20FNO2/c1-9(2)11(13(16)14(17)18-3)8-10-6-4-5-7-12(10)15/h4-7,9,11,13H,8,16H2,1-3H3. The van der Waals surface area contributed by atoms with Gasteiger partial charge in [-0.15, -0.1) is 0 Å². The van der Waals surface area contributed by atoms with Crippen LogP contribution >= 0.6 is 0 Å². The Morgan fingerprint density at radius 3 is 2.50 bits per heavy atom. The van der Waals surface area contributed by atoms with Gasteiger partial charge in [0.1, 0.15) is 11.9 Å². The van der Waals surface area contributed by atoms with E-state index in [1.807, 2.05) is 13.8 Å². The number of esters is 1. The van der Waals surface area contributed by atoms with Crippen LogP contribution in [0, 0.1) is 17.7 Å². The first kappa shape index (κ1) is 14.6. The van der Waals surface area contributed by atoms with Gasteiger partial charge in [-0.25, -0.2) is 4.39 Å². The van der Waals surface area contributed by atoms with Crippen LogP contribution in [0.15, 0.2) is 24.3 Å². The average Bonchev–Trinajstić information content (AvgIpc) is 2.35. The molecule has 2 atom stereocenters. The van der Waals surface area contributed by atoms with E-state index in [0.29, 0.717) is 12.0 Å².